The lowest BCUT2D eigenvalue weighted by Gasteiger charge is -2.26. The molecule has 2 aliphatic rings. The van der Waals surface area contributed by atoms with Crippen LogP contribution in [0.4, 0.5) is 0 Å². The molecule has 3 heterocycles. The highest BCUT2D eigenvalue weighted by Gasteiger charge is 2.26. The van der Waals surface area contributed by atoms with E-state index in [0.29, 0.717) is 12.4 Å². The number of hydrogen-bond acceptors (Lipinski definition) is 5. The minimum absolute atomic E-state index is 0.126. The molecule has 2 aromatic rings. The van der Waals surface area contributed by atoms with Gasteiger partial charge < -0.3 is 9.64 Å². The molecule has 1 aliphatic carbocycles. The van der Waals surface area contributed by atoms with E-state index in [2.05, 4.69) is 9.97 Å². The lowest BCUT2D eigenvalue weighted by molar-refractivity contribution is -0.129. The van der Waals surface area contributed by atoms with Gasteiger partial charge in [0.25, 0.3) is 0 Å². The molecule has 0 N–H and O–H groups in total. The molecule has 122 valence electrons. The van der Waals surface area contributed by atoms with Gasteiger partial charge in [-0.3, -0.25) is 4.79 Å². The van der Waals surface area contributed by atoms with E-state index in [1.54, 1.807) is 24.6 Å². The summed E-state index contributed by atoms with van der Waals surface area (Å²) < 4.78 is 6.24. The maximum Gasteiger partial charge on any atom is 0.225 e. The number of thiophene rings is 1. The summed E-state index contributed by atoms with van der Waals surface area (Å²) in [5.41, 5.74) is 1.19. The first-order chi connectivity index (χ1) is 11.2. The number of ether oxygens (including phenoxy) is 1. The summed E-state index contributed by atoms with van der Waals surface area (Å²) in [6.07, 6.45) is 8.77. The number of nitrogens with zero attached hydrogens (tertiary/aromatic N) is 3. The summed E-state index contributed by atoms with van der Waals surface area (Å²) in [4.78, 5) is 24.8. The van der Waals surface area contributed by atoms with Crippen LogP contribution in [0.2, 0.25) is 0 Å². The summed E-state index contributed by atoms with van der Waals surface area (Å²) in [5, 5.41) is 1.03. The van der Waals surface area contributed by atoms with E-state index in [4.69, 9.17) is 4.74 Å². The van der Waals surface area contributed by atoms with Crippen molar-refractivity contribution in [3.8, 4) is 5.88 Å². The van der Waals surface area contributed by atoms with E-state index in [1.165, 1.54) is 29.7 Å². The van der Waals surface area contributed by atoms with E-state index in [9.17, 15) is 4.79 Å². The van der Waals surface area contributed by atoms with Crippen molar-refractivity contribution in [2.45, 2.75) is 58.1 Å². The van der Waals surface area contributed by atoms with Crippen molar-refractivity contribution in [1.29, 1.82) is 0 Å². The molecule has 0 bridgehead atoms. The molecule has 0 saturated heterocycles. The van der Waals surface area contributed by atoms with Crippen LogP contribution in [-0.4, -0.2) is 33.4 Å². The molecule has 2 aromatic heterocycles. The van der Waals surface area contributed by atoms with E-state index in [1.807, 2.05) is 4.90 Å². The van der Waals surface area contributed by atoms with E-state index in [-0.39, 0.29) is 12.0 Å². The Kier molecular flexibility index (Phi) is 3.93. The van der Waals surface area contributed by atoms with Crippen LogP contribution >= 0.6 is 11.3 Å². The quantitative estimate of drug-likeness (QED) is 0.847. The predicted molar refractivity (Wildman–Crippen MR) is 89.7 cm³/mol. The lowest BCUT2D eigenvalue weighted by Crippen LogP contribution is -2.33. The van der Waals surface area contributed by atoms with Gasteiger partial charge in [-0.25, -0.2) is 9.97 Å². The fourth-order valence-corrected chi connectivity index (χ4v) is 4.71. The van der Waals surface area contributed by atoms with E-state index in [0.717, 1.165) is 36.0 Å². The molecular formula is C17H21N3O2S. The Morgan fingerprint density at radius 1 is 1.30 bits per heavy atom. The van der Waals surface area contributed by atoms with Crippen molar-refractivity contribution >= 4 is 27.5 Å². The summed E-state index contributed by atoms with van der Waals surface area (Å²) in [5.74, 6) is 0.839. The second-order valence-corrected chi connectivity index (χ2v) is 7.51. The molecular weight excluding hydrogens is 310 g/mol. The zero-order valence-corrected chi connectivity index (χ0v) is 14.2. The van der Waals surface area contributed by atoms with Gasteiger partial charge in [0.1, 0.15) is 17.3 Å². The van der Waals surface area contributed by atoms with Crippen molar-refractivity contribution in [1.82, 2.24) is 14.9 Å². The van der Waals surface area contributed by atoms with Gasteiger partial charge in [0.15, 0.2) is 0 Å². The predicted octanol–water partition coefficient (Wildman–Crippen LogP) is 3.31. The van der Waals surface area contributed by atoms with Crippen molar-refractivity contribution in [3.63, 3.8) is 0 Å². The van der Waals surface area contributed by atoms with Crippen molar-refractivity contribution in [2.24, 2.45) is 0 Å². The molecule has 1 aliphatic heterocycles. The van der Waals surface area contributed by atoms with Gasteiger partial charge in [0.2, 0.25) is 11.8 Å². The average Bonchev–Trinajstić information content (AvgIpc) is 2.94. The molecule has 0 spiro atoms. The number of hydrogen-bond donors (Lipinski definition) is 0. The lowest BCUT2D eigenvalue weighted by atomic mass is 9.98. The molecule has 1 fully saturated rings. The minimum atomic E-state index is 0.126. The zero-order valence-electron chi connectivity index (χ0n) is 13.4. The van der Waals surface area contributed by atoms with Gasteiger partial charge in [-0.2, -0.15) is 0 Å². The van der Waals surface area contributed by atoms with Gasteiger partial charge in [0, 0.05) is 30.5 Å². The number of aromatic nitrogens is 2. The highest BCUT2D eigenvalue weighted by atomic mass is 32.1. The molecule has 23 heavy (non-hydrogen) atoms. The molecule has 0 aromatic carbocycles. The third-order valence-electron chi connectivity index (χ3n) is 4.87. The van der Waals surface area contributed by atoms with E-state index >= 15 is 0 Å². The van der Waals surface area contributed by atoms with Crippen LogP contribution < -0.4 is 4.74 Å². The zero-order chi connectivity index (χ0) is 15.8. The molecule has 0 atom stereocenters. The number of carbonyl (C=O) groups is 1. The Morgan fingerprint density at radius 2 is 2.13 bits per heavy atom. The molecule has 5 nitrogen and oxygen atoms in total. The monoisotopic (exact) mass is 331 g/mol. The smallest absolute Gasteiger partial charge is 0.225 e. The minimum Gasteiger partial charge on any atom is -0.474 e. The fraction of sp³-hybridized carbons (Fsp3) is 0.588. The summed E-state index contributed by atoms with van der Waals surface area (Å²) in [6.45, 7) is 3.08. The standard InChI is InChI=1S/C17H21N3O2S/c1-11(21)20-8-7-14-13(9-20)15-16(18-10-19-17(15)23-14)22-12-5-3-2-4-6-12/h10,12H,2-9H2,1H3. The Bertz CT molecular complexity index is 737. The van der Waals surface area contributed by atoms with Crippen LogP contribution in [0.3, 0.4) is 0 Å². The topological polar surface area (TPSA) is 55.3 Å². The molecule has 6 heteroatoms. The summed E-state index contributed by atoms with van der Waals surface area (Å²) in [6, 6.07) is 0. The average molecular weight is 331 g/mol. The third kappa shape index (κ3) is 2.80. The second kappa shape index (κ2) is 6.07. The maximum absolute atomic E-state index is 11.7. The fourth-order valence-electron chi connectivity index (χ4n) is 3.58. The number of carbonyl (C=O) groups excluding carboxylic acids is 1. The van der Waals surface area contributed by atoms with Gasteiger partial charge in [-0.05, 0) is 32.1 Å². The molecule has 1 amide bonds. The molecule has 0 unspecified atom stereocenters. The first kappa shape index (κ1) is 14.9. The molecule has 1 saturated carbocycles. The van der Waals surface area contributed by atoms with Crippen LogP contribution in [0, 0.1) is 0 Å². The van der Waals surface area contributed by atoms with E-state index < -0.39 is 0 Å². The number of fused-ring (bicyclic) bond motifs is 3. The van der Waals surface area contributed by atoms with Gasteiger partial charge in [-0.1, -0.05) is 6.42 Å². The molecule has 4 rings (SSSR count). The van der Waals surface area contributed by atoms with Crippen LogP contribution in [0.1, 0.15) is 49.5 Å². The summed E-state index contributed by atoms with van der Waals surface area (Å²) in [7, 11) is 0. The maximum atomic E-state index is 11.7. The van der Waals surface area contributed by atoms with Crippen LogP contribution in [0.25, 0.3) is 10.2 Å². The van der Waals surface area contributed by atoms with Crippen molar-refractivity contribution in [2.75, 3.05) is 6.54 Å². The number of rotatable bonds is 2. The van der Waals surface area contributed by atoms with Crippen molar-refractivity contribution in [3.05, 3.63) is 16.8 Å². The first-order valence-electron chi connectivity index (χ1n) is 8.40. The van der Waals surface area contributed by atoms with Crippen LogP contribution in [0.5, 0.6) is 5.88 Å². The Labute approximate surface area is 139 Å². The Morgan fingerprint density at radius 3 is 2.91 bits per heavy atom. The highest BCUT2D eigenvalue weighted by Crippen LogP contribution is 2.39. The first-order valence-corrected chi connectivity index (χ1v) is 9.21. The number of amides is 1. The van der Waals surface area contributed by atoms with Crippen LogP contribution in [0.15, 0.2) is 6.33 Å². The van der Waals surface area contributed by atoms with Crippen molar-refractivity contribution < 1.29 is 9.53 Å². The molecule has 0 radical (unpaired) electrons. The van der Waals surface area contributed by atoms with Gasteiger partial charge in [0.05, 0.1) is 5.39 Å². The summed E-state index contributed by atoms with van der Waals surface area (Å²) >= 11 is 1.72. The highest BCUT2D eigenvalue weighted by molar-refractivity contribution is 7.18. The Balaban J connectivity index is 1.71. The van der Waals surface area contributed by atoms with Gasteiger partial charge in [-0.15, -0.1) is 11.3 Å². The second-order valence-electron chi connectivity index (χ2n) is 6.43. The Hall–Kier alpha value is -1.69. The normalized spacial score (nSPS) is 18.9. The van der Waals surface area contributed by atoms with Gasteiger partial charge >= 0.3 is 0 Å². The van der Waals surface area contributed by atoms with Crippen LogP contribution in [-0.2, 0) is 17.8 Å². The third-order valence-corrected chi connectivity index (χ3v) is 6.07. The largest absolute Gasteiger partial charge is 0.474 e. The SMILES string of the molecule is CC(=O)N1CCc2sc3ncnc(OC4CCCCC4)c3c2C1.